The van der Waals surface area contributed by atoms with E-state index in [4.69, 9.17) is 0 Å². The van der Waals surface area contributed by atoms with Crippen molar-refractivity contribution in [3.63, 3.8) is 0 Å². The third-order valence-electron chi connectivity index (χ3n) is 4.62. The first-order valence-electron chi connectivity index (χ1n) is 10.9. The zero-order valence-corrected chi connectivity index (χ0v) is 22.4. The van der Waals surface area contributed by atoms with Crippen molar-refractivity contribution < 1.29 is 24.0 Å². The molecule has 0 radical (unpaired) electrons. The molecule has 0 bridgehead atoms. The highest BCUT2D eigenvalue weighted by atomic mass is 79.9. The van der Waals surface area contributed by atoms with Crippen LogP contribution in [-0.2, 0) is 24.0 Å². The molecule has 0 saturated carbocycles. The molecule has 3 amide bonds. The van der Waals surface area contributed by atoms with Gasteiger partial charge in [-0.3, -0.25) is 29.3 Å². The molecule has 2 atom stereocenters. The number of hydrogen-bond acceptors (Lipinski definition) is 8. The first-order valence-corrected chi connectivity index (χ1v) is 13.1. The first-order chi connectivity index (χ1) is 15.8. The maximum Gasteiger partial charge on any atom is 0.240 e. The first kappa shape index (κ1) is 31.6. The van der Waals surface area contributed by atoms with Gasteiger partial charge in [-0.15, -0.1) is 0 Å². The normalized spacial score (nSPS) is 12.5. The van der Waals surface area contributed by atoms with E-state index in [-0.39, 0.29) is 66.3 Å². The molecule has 0 aromatic rings. The van der Waals surface area contributed by atoms with Crippen molar-refractivity contribution in [3.8, 4) is 0 Å². The van der Waals surface area contributed by atoms with Crippen LogP contribution in [0, 0.1) is 0 Å². The molecule has 33 heavy (non-hydrogen) atoms. The lowest BCUT2D eigenvalue weighted by Gasteiger charge is -2.21. The second kappa shape index (κ2) is 20.0. The minimum atomic E-state index is -0.543. The van der Waals surface area contributed by atoms with Gasteiger partial charge in [-0.05, 0) is 32.7 Å². The van der Waals surface area contributed by atoms with E-state index in [1.165, 1.54) is 0 Å². The van der Waals surface area contributed by atoms with Gasteiger partial charge in [-0.2, -0.15) is 0 Å². The number of alkyl halides is 2. The third kappa shape index (κ3) is 16.0. The van der Waals surface area contributed by atoms with Crippen molar-refractivity contribution in [3.05, 3.63) is 0 Å². The zero-order valence-electron chi connectivity index (χ0n) is 19.2. The minimum absolute atomic E-state index is 0.0151. The Labute approximate surface area is 212 Å². The summed E-state index contributed by atoms with van der Waals surface area (Å²) in [7, 11) is 1.69. The van der Waals surface area contributed by atoms with Gasteiger partial charge in [-0.25, -0.2) is 0 Å². The lowest BCUT2D eigenvalue weighted by molar-refractivity contribution is -0.125. The zero-order chi connectivity index (χ0) is 25.1. The molecular formula is C20H36Br2N6O5. The van der Waals surface area contributed by atoms with E-state index >= 15 is 0 Å². The number of Topliss-reactive ketones (excluding diaryl/α,β-unsaturated/α-hetero) is 2. The molecule has 0 fully saturated rings. The topological polar surface area (TPSA) is 158 Å². The summed E-state index contributed by atoms with van der Waals surface area (Å²) in [5, 5.41) is 17.0. The summed E-state index contributed by atoms with van der Waals surface area (Å²) >= 11 is 6.08. The number of carbonyl (C=O) groups is 5. The van der Waals surface area contributed by atoms with Crippen molar-refractivity contribution in [2.24, 2.45) is 0 Å². The quantitative estimate of drug-likeness (QED) is 0.0587. The Hall–Kier alpha value is -1.41. The van der Waals surface area contributed by atoms with Crippen molar-refractivity contribution in [2.45, 2.75) is 44.7 Å². The standard InChI is InChI=1S/C20H36Br2N6O5/c1-3-14(16(29)10-23-2)25-11-17(30)15(6-4-5-7-24-18(31)8-21)27-13-28-20(33)12-26-19(32)9-22/h14-15,23,25,27H,3-13H2,1-2H3,(H,24,31)(H,26,32)(H,28,33)/t14-,15-/m0/s1. The molecule has 0 saturated heterocycles. The molecule has 0 aliphatic heterocycles. The highest BCUT2D eigenvalue weighted by Crippen LogP contribution is 2.03. The Morgan fingerprint density at radius 2 is 1.36 bits per heavy atom. The van der Waals surface area contributed by atoms with E-state index < -0.39 is 12.1 Å². The summed E-state index contributed by atoms with van der Waals surface area (Å²) in [6.45, 7) is 2.50. The van der Waals surface area contributed by atoms with Gasteiger partial charge >= 0.3 is 0 Å². The Morgan fingerprint density at radius 3 is 1.97 bits per heavy atom. The number of halogens is 2. The number of unbranched alkanes of at least 4 members (excludes halogenated alkanes) is 1. The molecule has 0 spiro atoms. The van der Waals surface area contributed by atoms with E-state index in [9.17, 15) is 24.0 Å². The molecule has 0 aromatic carbocycles. The highest BCUT2D eigenvalue weighted by Gasteiger charge is 2.21. The fraction of sp³-hybridized carbons (Fsp3) is 0.750. The van der Waals surface area contributed by atoms with E-state index in [1.807, 2.05) is 6.92 Å². The Balaban J connectivity index is 4.69. The van der Waals surface area contributed by atoms with Crippen molar-refractivity contribution in [1.29, 1.82) is 0 Å². The number of carbonyl (C=O) groups excluding carboxylic acids is 5. The van der Waals surface area contributed by atoms with Gasteiger partial charge in [0.25, 0.3) is 0 Å². The summed E-state index contributed by atoms with van der Waals surface area (Å²) in [6.07, 6.45) is 2.44. The van der Waals surface area contributed by atoms with Gasteiger partial charge in [0.05, 0.1) is 49.0 Å². The summed E-state index contributed by atoms with van der Waals surface area (Å²) in [4.78, 5) is 59.2. The SMILES string of the molecule is CC[C@H](NCC(=O)[C@H](CCCCNC(=O)CBr)NCNC(=O)CNC(=O)CBr)C(=O)CNC. The molecule has 0 aromatic heterocycles. The molecule has 190 valence electrons. The number of hydrogen-bond donors (Lipinski definition) is 6. The predicted molar refractivity (Wildman–Crippen MR) is 133 cm³/mol. The van der Waals surface area contributed by atoms with Crippen LogP contribution < -0.4 is 31.9 Å². The van der Waals surface area contributed by atoms with Crippen LogP contribution >= 0.6 is 31.9 Å². The summed E-state index contributed by atoms with van der Waals surface area (Å²) in [5.74, 6) is -0.934. The Bertz CT molecular complexity index is 638. The minimum Gasteiger partial charge on any atom is -0.355 e. The molecule has 0 aliphatic carbocycles. The molecule has 0 heterocycles. The van der Waals surface area contributed by atoms with Crippen molar-refractivity contribution in [1.82, 2.24) is 31.9 Å². The van der Waals surface area contributed by atoms with Gasteiger partial charge in [-0.1, -0.05) is 38.8 Å². The Kier molecular flexibility index (Phi) is 19.2. The predicted octanol–water partition coefficient (Wildman–Crippen LogP) is -1.06. The molecule has 0 rings (SSSR count). The van der Waals surface area contributed by atoms with Crippen molar-refractivity contribution in [2.75, 3.05) is 50.6 Å². The van der Waals surface area contributed by atoms with Gasteiger partial charge in [0.2, 0.25) is 17.7 Å². The van der Waals surface area contributed by atoms with Crippen molar-refractivity contribution >= 4 is 61.1 Å². The van der Waals surface area contributed by atoms with E-state index in [0.717, 1.165) is 0 Å². The molecule has 0 aliphatic rings. The monoisotopic (exact) mass is 598 g/mol. The number of ketones is 2. The van der Waals surface area contributed by atoms with Crippen LogP contribution in [0.1, 0.15) is 32.6 Å². The van der Waals surface area contributed by atoms with Crippen LogP contribution in [0.5, 0.6) is 0 Å². The molecular weight excluding hydrogens is 564 g/mol. The van der Waals surface area contributed by atoms with Crippen LogP contribution in [0.2, 0.25) is 0 Å². The fourth-order valence-corrected chi connectivity index (χ4v) is 3.21. The van der Waals surface area contributed by atoms with Crippen LogP contribution in [0.25, 0.3) is 0 Å². The molecule has 0 unspecified atom stereocenters. The van der Waals surface area contributed by atoms with Gasteiger partial charge in [0, 0.05) is 6.54 Å². The van der Waals surface area contributed by atoms with Gasteiger partial charge < -0.3 is 26.6 Å². The van der Waals surface area contributed by atoms with Crippen LogP contribution in [0.15, 0.2) is 0 Å². The fourth-order valence-electron chi connectivity index (χ4n) is 2.82. The van der Waals surface area contributed by atoms with Crippen LogP contribution in [-0.4, -0.2) is 91.9 Å². The average Bonchev–Trinajstić information content (AvgIpc) is 2.81. The maximum atomic E-state index is 12.8. The number of nitrogens with one attached hydrogen (secondary N) is 6. The summed E-state index contributed by atoms with van der Waals surface area (Å²) in [5.41, 5.74) is 0. The highest BCUT2D eigenvalue weighted by molar-refractivity contribution is 9.09. The second-order valence-corrected chi connectivity index (χ2v) is 8.35. The van der Waals surface area contributed by atoms with Gasteiger partial charge in [0.1, 0.15) is 0 Å². The van der Waals surface area contributed by atoms with E-state index in [1.54, 1.807) is 7.05 Å². The summed E-state index contributed by atoms with van der Waals surface area (Å²) < 4.78 is 0. The van der Waals surface area contributed by atoms with Crippen LogP contribution in [0.3, 0.4) is 0 Å². The average molecular weight is 600 g/mol. The smallest absolute Gasteiger partial charge is 0.240 e. The van der Waals surface area contributed by atoms with Gasteiger partial charge in [0.15, 0.2) is 11.6 Å². The lowest BCUT2D eigenvalue weighted by Crippen LogP contribution is -2.50. The van der Waals surface area contributed by atoms with E-state index in [0.29, 0.717) is 32.2 Å². The second-order valence-electron chi connectivity index (χ2n) is 7.23. The molecule has 11 nitrogen and oxygen atoms in total. The maximum absolute atomic E-state index is 12.8. The molecule has 13 heteroatoms. The number of amides is 3. The van der Waals surface area contributed by atoms with E-state index in [2.05, 4.69) is 63.8 Å². The third-order valence-corrected chi connectivity index (χ3v) is 5.64. The molecule has 6 N–H and O–H groups in total. The Morgan fingerprint density at radius 1 is 0.727 bits per heavy atom. The van der Waals surface area contributed by atoms with Crippen LogP contribution in [0.4, 0.5) is 0 Å². The number of likely N-dealkylation sites (N-methyl/N-ethyl adjacent to an activating group) is 1. The summed E-state index contributed by atoms with van der Waals surface area (Å²) in [6, 6.07) is -0.960. The largest absolute Gasteiger partial charge is 0.355 e. The number of rotatable bonds is 20. The lowest BCUT2D eigenvalue weighted by atomic mass is 10.0.